The Morgan fingerprint density at radius 2 is 0.909 bits per heavy atom. The number of nitrogens with zero attached hydrogens (tertiary/aromatic N) is 5. The Labute approximate surface area is 316 Å². The zero-order valence-corrected chi connectivity index (χ0v) is 29.5. The molecule has 0 fully saturated rings. The van der Waals surface area contributed by atoms with Gasteiger partial charge in [-0.3, -0.25) is 0 Å². The Morgan fingerprint density at radius 3 is 1.55 bits per heavy atom. The lowest BCUT2D eigenvalue weighted by Crippen LogP contribution is -2.02. The third kappa shape index (κ3) is 4.45. The van der Waals surface area contributed by atoms with Crippen LogP contribution in [0.25, 0.3) is 98.5 Å². The molecule has 0 saturated heterocycles. The van der Waals surface area contributed by atoms with Crippen molar-refractivity contribution in [3.05, 3.63) is 193 Å². The second-order valence-corrected chi connectivity index (χ2v) is 14.0. The molecular weight excluding hydrogens is 671 g/mol. The molecule has 0 amide bonds. The van der Waals surface area contributed by atoms with Crippen LogP contribution in [0.4, 0.5) is 5.69 Å². The lowest BCUT2D eigenvalue weighted by atomic mass is 9.99. The first-order chi connectivity index (χ1) is 27.2. The zero-order chi connectivity index (χ0) is 36.6. The van der Waals surface area contributed by atoms with Gasteiger partial charge in [-0.1, -0.05) is 109 Å². The van der Waals surface area contributed by atoms with Crippen molar-refractivity contribution in [2.45, 2.75) is 0 Å². The van der Waals surface area contributed by atoms with E-state index in [4.69, 9.17) is 6.57 Å². The van der Waals surface area contributed by atoms with Gasteiger partial charge in [0.05, 0.1) is 62.7 Å². The van der Waals surface area contributed by atoms with Crippen LogP contribution in [-0.4, -0.2) is 13.7 Å². The molecule has 0 atom stereocenters. The molecule has 0 unspecified atom stereocenters. The molecule has 11 aromatic rings. The van der Waals surface area contributed by atoms with Gasteiger partial charge in [-0.25, -0.2) is 4.85 Å². The highest BCUT2D eigenvalue weighted by Gasteiger charge is 2.22. The van der Waals surface area contributed by atoms with Crippen molar-refractivity contribution in [3.63, 3.8) is 0 Å². The minimum absolute atomic E-state index is 0.587. The number of hydrogen-bond donors (Lipinski definition) is 0. The van der Waals surface area contributed by atoms with Crippen LogP contribution in [-0.2, 0) is 0 Å². The monoisotopic (exact) mass is 699 g/mol. The summed E-state index contributed by atoms with van der Waals surface area (Å²) in [5.74, 6) is 0. The minimum Gasteiger partial charge on any atom is -0.309 e. The summed E-state index contributed by atoms with van der Waals surface area (Å²) in [5, 5.41) is 17.2. The number of benzene rings is 8. The van der Waals surface area contributed by atoms with Crippen molar-refractivity contribution in [2.75, 3.05) is 0 Å². The lowest BCUT2D eigenvalue weighted by molar-refractivity contribution is 1.15. The summed E-state index contributed by atoms with van der Waals surface area (Å²) in [7, 11) is 0. The molecule has 0 aliphatic heterocycles. The molecule has 0 aliphatic rings. The Balaban J connectivity index is 1.22. The molecule has 0 bridgehead atoms. The summed E-state index contributed by atoms with van der Waals surface area (Å²) >= 11 is 0. The van der Waals surface area contributed by atoms with Crippen molar-refractivity contribution in [2.24, 2.45) is 0 Å². The number of fused-ring (bicyclic) bond motifs is 9. The molecule has 55 heavy (non-hydrogen) atoms. The van der Waals surface area contributed by atoms with Crippen molar-refractivity contribution < 1.29 is 0 Å². The first-order valence-corrected chi connectivity index (χ1v) is 18.3. The lowest BCUT2D eigenvalue weighted by Gasteiger charge is -2.19. The van der Waals surface area contributed by atoms with Crippen LogP contribution in [0.2, 0.25) is 0 Å². The van der Waals surface area contributed by atoms with Gasteiger partial charge in [0, 0.05) is 43.7 Å². The average Bonchev–Trinajstić information content (AvgIpc) is 3.88. The maximum absolute atomic E-state index is 10.3. The highest BCUT2D eigenvalue weighted by molar-refractivity contribution is 6.13. The largest absolute Gasteiger partial charge is 0.309 e. The molecule has 0 spiro atoms. The number of hydrogen-bond acceptors (Lipinski definition) is 1. The van der Waals surface area contributed by atoms with Gasteiger partial charge in [-0.05, 0) is 72.1 Å². The van der Waals surface area contributed by atoms with E-state index >= 15 is 0 Å². The quantitative estimate of drug-likeness (QED) is 0.169. The minimum atomic E-state index is 0.587. The normalized spacial score (nSPS) is 11.6. The predicted octanol–water partition coefficient (Wildman–Crippen LogP) is 13.1. The van der Waals surface area contributed by atoms with Gasteiger partial charge in [0.2, 0.25) is 0 Å². The molecule has 0 N–H and O–H groups in total. The first-order valence-electron chi connectivity index (χ1n) is 18.3. The maximum atomic E-state index is 10.3. The molecule has 0 radical (unpaired) electrons. The predicted molar refractivity (Wildman–Crippen MR) is 226 cm³/mol. The van der Waals surface area contributed by atoms with Crippen molar-refractivity contribution in [1.29, 1.82) is 5.26 Å². The topological polar surface area (TPSA) is 42.9 Å². The van der Waals surface area contributed by atoms with Crippen LogP contribution in [0.5, 0.6) is 0 Å². The zero-order valence-electron chi connectivity index (χ0n) is 29.5. The van der Waals surface area contributed by atoms with Gasteiger partial charge in [0.25, 0.3) is 0 Å². The van der Waals surface area contributed by atoms with E-state index in [1.54, 1.807) is 0 Å². The summed E-state index contributed by atoms with van der Waals surface area (Å²) in [4.78, 5) is 3.74. The summed E-state index contributed by atoms with van der Waals surface area (Å²) < 4.78 is 7.00. The van der Waals surface area contributed by atoms with Crippen LogP contribution in [0.1, 0.15) is 5.56 Å². The second kappa shape index (κ2) is 11.8. The van der Waals surface area contributed by atoms with Gasteiger partial charge in [-0.15, -0.1) is 0 Å². The molecule has 8 aromatic carbocycles. The Kier molecular flexibility index (Phi) is 6.61. The van der Waals surface area contributed by atoms with E-state index in [1.807, 2.05) is 24.3 Å². The Bertz CT molecular complexity index is 3420. The fraction of sp³-hybridized carbons (Fsp3) is 0. The number of rotatable bonds is 4. The standard InChI is InChI=1S/C50H29N5/c1-52-33-23-27-48-42(29-33)39-16-6-11-21-47(39)54(48)45-19-9-4-14-37(45)40-25-22-32(31-51)28-49(40)55-46-20-10-5-15-38(46)41-26-24-34(30-50(41)55)53-43-17-7-2-12-35(43)36-13-3-8-18-44(36)53/h2-30H. The molecule has 254 valence electrons. The molecular formula is C50H29N5. The first kappa shape index (κ1) is 30.7. The van der Waals surface area contributed by atoms with Gasteiger partial charge in [0.15, 0.2) is 5.69 Å². The highest BCUT2D eigenvalue weighted by Crippen LogP contribution is 2.42. The van der Waals surface area contributed by atoms with Gasteiger partial charge in [0.1, 0.15) is 0 Å². The fourth-order valence-corrected chi connectivity index (χ4v) is 8.76. The number of aromatic nitrogens is 3. The smallest absolute Gasteiger partial charge is 0.188 e. The van der Waals surface area contributed by atoms with E-state index in [2.05, 4.69) is 176 Å². The van der Waals surface area contributed by atoms with E-state index in [-0.39, 0.29) is 0 Å². The third-order valence-corrected chi connectivity index (χ3v) is 11.1. The van der Waals surface area contributed by atoms with Gasteiger partial charge >= 0.3 is 0 Å². The van der Waals surface area contributed by atoms with Crippen LogP contribution < -0.4 is 0 Å². The Morgan fingerprint density at radius 1 is 0.400 bits per heavy atom. The average molecular weight is 700 g/mol. The summed E-state index contributed by atoms with van der Waals surface area (Å²) in [6, 6.07) is 63.8. The number of nitriles is 1. The van der Waals surface area contributed by atoms with Crippen LogP contribution in [0.15, 0.2) is 176 Å². The molecule has 11 rings (SSSR count). The molecule has 5 heteroatoms. The molecule has 0 saturated carbocycles. The summed E-state index contributed by atoms with van der Waals surface area (Å²) in [6.07, 6.45) is 0. The van der Waals surface area contributed by atoms with Crippen LogP contribution >= 0.6 is 0 Å². The van der Waals surface area contributed by atoms with E-state index in [9.17, 15) is 5.26 Å². The number of para-hydroxylation sites is 5. The van der Waals surface area contributed by atoms with Crippen molar-refractivity contribution >= 4 is 71.1 Å². The van der Waals surface area contributed by atoms with E-state index in [0.29, 0.717) is 11.3 Å². The SMILES string of the molecule is [C-]#[N+]c1ccc2c(c1)c1ccccc1n2-c1ccccc1-c1ccc(C#N)cc1-n1c2ccccc2c2ccc(-n3c4ccccc4c4ccccc43)cc21. The molecule has 3 heterocycles. The fourth-order valence-electron chi connectivity index (χ4n) is 8.76. The van der Waals surface area contributed by atoms with Crippen molar-refractivity contribution in [1.82, 2.24) is 13.7 Å². The molecule has 3 aromatic heterocycles. The van der Waals surface area contributed by atoms with Crippen LogP contribution in [0, 0.1) is 17.9 Å². The molecule has 0 aliphatic carbocycles. The molecule has 5 nitrogen and oxygen atoms in total. The summed E-state index contributed by atoms with van der Waals surface area (Å²) in [6.45, 7) is 7.70. The van der Waals surface area contributed by atoms with Gasteiger partial charge in [-0.2, -0.15) is 5.26 Å². The highest BCUT2D eigenvalue weighted by atomic mass is 15.0. The second-order valence-electron chi connectivity index (χ2n) is 14.0. The van der Waals surface area contributed by atoms with Crippen LogP contribution in [0.3, 0.4) is 0 Å². The van der Waals surface area contributed by atoms with Gasteiger partial charge < -0.3 is 13.7 Å². The summed E-state index contributed by atoms with van der Waals surface area (Å²) in [5.41, 5.74) is 12.8. The maximum Gasteiger partial charge on any atom is 0.188 e. The van der Waals surface area contributed by atoms with E-state index < -0.39 is 0 Å². The third-order valence-electron chi connectivity index (χ3n) is 11.1. The van der Waals surface area contributed by atoms with E-state index in [0.717, 1.165) is 82.8 Å². The van der Waals surface area contributed by atoms with E-state index in [1.165, 1.54) is 10.8 Å². The van der Waals surface area contributed by atoms with Crippen molar-refractivity contribution in [3.8, 4) is 34.3 Å². The Hall–Kier alpha value is -7.86.